The van der Waals surface area contributed by atoms with E-state index >= 15 is 0 Å². The zero-order valence-electron chi connectivity index (χ0n) is 9.54. The summed E-state index contributed by atoms with van der Waals surface area (Å²) in [4.78, 5) is 16.7. The van der Waals surface area contributed by atoms with Crippen molar-refractivity contribution in [1.82, 2.24) is 4.98 Å². The number of nitro benzene ring substituents is 1. The van der Waals surface area contributed by atoms with Crippen molar-refractivity contribution in [2.75, 3.05) is 11.9 Å². The second-order valence-electron chi connectivity index (χ2n) is 3.73. The Labute approximate surface area is 122 Å². The van der Waals surface area contributed by atoms with E-state index in [9.17, 15) is 10.1 Å². The van der Waals surface area contributed by atoms with E-state index in [-0.39, 0.29) is 10.6 Å². The number of rotatable bonds is 4. The second-order valence-corrected chi connectivity index (χ2v) is 5.69. The molecule has 0 fully saturated rings. The average Bonchev–Trinajstić information content (AvgIpc) is 2.81. The molecule has 5 nitrogen and oxygen atoms in total. The van der Waals surface area contributed by atoms with Gasteiger partial charge in [0.2, 0.25) is 0 Å². The highest BCUT2D eigenvalue weighted by Crippen LogP contribution is 2.29. The zero-order chi connectivity index (χ0) is 13.1. The van der Waals surface area contributed by atoms with Gasteiger partial charge in [0.1, 0.15) is 5.69 Å². The molecule has 0 bridgehead atoms. The summed E-state index contributed by atoms with van der Waals surface area (Å²) in [6.45, 7) is 0.560. The lowest BCUT2D eigenvalue weighted by Gasteiger charge is -2.18. The van der Waals surface area contributed by atoms with Crippen molar-refractivity contribution in [2.45, 2.75) is 6.54 Å². The zero-order valence-corrected chi connectivity index (χ0v) is 12.5. The molecule has 1 heterocycles. The molecule has 0 atom stereocenters. The molecule has 18 heavy (non-hydrogen) atoms. The molecule has 2 rings (SSSR count). The maximum absolute atomic E-state index is 11.0. The van der Waals surface area contributed by atoms with Crippen LogP contribution in [0.2, 0.25) is 0 Å². The number of anilines is 1. The third-order valence-corrected chi connectivity index (χ3v) is 3.73. The molecule has 0 amide bonds. The summed E-state index contributed by atoms with van der Waals surface area (Å²) < 4.78 is 0.852. The Bertz CT molecular complexity index is 559. The van der Waals surface area contributed by atoms with Crippen LogP contribution in [0, 0.1) is 13.7 Å². The quantitative estimate of drug-likeness (QED) is 0.468. The maximum Gasteiger partial charge on any atom is 0.293 e. The lowest BCUT2D eigenvalue weighted by molar-refractivity contribution is -0.384. The van der Waals surface area contributed by atoms with Crippen molar-refractivity contribution in [3.05, 3.63) is 48.5 Å². The van der Waals surface area contributed by atoms with Crippen LogP contribution in [0.15, 0.2) is 29.1 Å². The van der Waals surface area contributed by atoms with Crippen LogP contribution in [0.4, 0.5) is 11.4 Å². The summed E-state index contributed by atoms with van der Waals surface area (Å²) in [5.41, 5.74) is 3.40. The summed E-state index contributed by atoms with van der Waals surface area (Å²) in [5.74, 6) is 0. The summed E-state index contributed by atoms with van der Waals surface area (Å²) in [6, 6.07) is 5.21. The standard InChI is InChI=1S/C11H10IN3O2S/c1-14(5-9-6-18-7-13-9)10-3-2-8(12)4-11(10)15(16)17/h2-4,6-7H,5H2,1H3. The van der Waals surface area contributed by atoms with Crippen LogP contribution in [0.1, 0.15) is 5.69 Å². The van der Waals surface area contributed by atoms with Gasteiger partial charge in [-0.3, -0.25) is 10.1 Å². The Balaban J connectivity index is 2.29. The van der Waals surface area contributed by atoms with E-state index in [2.05, 4.69) is 27.6 Å². The molecule has 0 radical (unpaired) electrons. The molecule has 0 aliphatic carbocycles. The van der Waals surface area contributed by atoms with Gasteiger partial charge in [-0.2, -0.15) is 0 Å². The molecular weight excluding hydrogens is 365 g/mol. The number of halogens is 1. The first kappa shape index (κ1) is 13.2. The molecule has 0 unspecified atom stereocenters. The molecule has 94 valence electrons. The van der Waals surface area contributed by atoms with Gasteiger partial charge in [0, 0.05) is 22.1 Å². The van der Waals surface area contributed by atoms with E-state index in [1.54, 1.807) is 17.6 Å². The van der Waals surface area contributed by atoms with Gasteiger partial charge >= 0.3 is 0 Å². The highest BCUT2D eigenvalue weighted by atomic mass is 127. The van der Waals surface area contributed by atoms with Crippen LogP contribution < -0.4 is 4.90 Å². The highest BCUT2D eigenvalue weighted by Gasteiger charge is 2.17. The van der Waals surface area contributed by atoms with E-state index < -0.39 is 0 Å². The maximum atomic E-state index is 11.0. The van der Waals surface area contributed by atoms with E-state index in [4.69, 9.17) is 0 Å². The summed E-state index contributed by atoms with van der Waals surface area (Å²) in [6.07, 6.45) is 0. The van der Waals surface area contributed by atoms with Crippen molar-refractivity contribution in [3.8, 4) is 0 Å². The van der Waals surface area contributed by atoms with Crippen LogP contribution >= 0.6 is 33.9 Å². The van der Waals surface area contributed by atoms with Crippen LogP contribution in [-0.4, -0.2) is 17.0 Å². The average molecular weight is 375 g/mol. The summed E-state index contributed by atoms with van der Waals surface area (Å²) in [5, 5.41) is 13.0. The van der Waals surface area contributed by atoms with Crippen molar-refractivity contribution in [1.29, 1.82) is 0 Å². The Morgan fingerprint density at radius 2 is 2.33 bits per heavy atom. The smallest absolute Gasteiger partial charge is 0.293 e. The predicted molar refractivity (Wildman–Crippen MR) is 80.0 cm³/mol. The molecule has 1 aromatic heterocycles. The van der Waals surface area contributed by atoms with Crippen molar-refractivity contribution in [2.24, 2.45) is 0 Å². The van der Waals surface area contributed by atoms with Gasteiger partial charge < -0.3 is 4.90 Å². The van der Waals surface area contributed by atoms with Crippen molar-refractivity contribution < 1.29 is 4.92 Å². The Hall–Kier alpha value is -1.22. The molecule has 1 aromatic carbocycles. The fourth-order valence-corrected chi connectivity index (χ4v) is 2.63. The molecule has 0 saturated heterocycles. The van der Waals surface area contributed by atoms with E-state index in [1.165, 1.54) is 11.3 Å². The van der Waals surface area contributed by atoms with Gasteiger partial charge in [-0.1, -0.05) is 0 Å². The van der Waals surface area contributed by atoms with Crippen LogP contribution in [-0.2, 0) is 6.54 Å². The molecule has 0 N–H and O–H groups in total. The molecule has 7 heteroatoms. The number of nitro groups is 1. The highest BCUT2D eigenvalue weighted by molar-refractivity contribution is 14.1. The third kappa shape index (κ3) is 2.96. The third-order valence-electron chi connectivity index (χ3n) is 2.43. The monoisotopic (exact) mass is 375 g/mol. The molecule has 0 aliphatic rings. The largest absolute Gasteiger partial charge is 0.363 e. The normalized spacial score (nSPS) is 10.3. The van der Waals surface area contributed by atoms with E-state index in [1.807, 2.05) is 23.4 Å². The SMILES string of the molecule is CN(Cc1cscn1)c1ccc(I)cc1[N+](=O)[O-]. The van der Waals surface area contributed by atoms with E-state index in [0.717, 1.165) is 9.26 Å². The van der Waals surface area contributed by atoms with Crippen LogP contribution in [0.25, 0.3) is 0 Å². The number of thiazole rings is 1. The minimum atomic E-state index is -0.352. The topological polar surface area (TPSA) is 59.3 Å². The first-order valence-electron chi connectivity index (χ1n) is 5.10. The lowest BCUT2D eigenvalue weighted by atomic mass is 10.2. The number of nitrogens with zero attached hydrogens (tertiary/aromatic N) is 3. The van der Waals surface area contributed by atoms with Gasteiger partial charge in [0.25, 0.3) is 5.69 Å². The van der Waals surface area contributed by atoms with Crippen molar-refractivity contribution >= 4 is 45.3 Å². The summed E-state index contributed by atoms with van der Waals surface area (Å²) in [7, 11) is 1.83. The van der Waals surface area contributed by atoms with Crippen LogP contribution in [0.3, 0.4) is 0 Å². The van der Waals surface area contributed by atoms with E-state index in [0.29, 0.717) is 12.2 Å². The van der Waals surface area contributed by atoms with Gasteiger partial charge in [-0.05, 0) is 34.7 Å². The number of hydrogen-bond donors (Lipinski definition) is 0. The predicted octanol–water partition coefficient (Wildman–Crippen LogP) is 3.29. The van der Waals surface area contributed by atoms with Gasteiger partial charge in [0.15, 0.2) is 0 Å². The summed E-state index contributed by atoms with van der Waals surface area (Å²) >= 11 is 3.58. The number of hydrogen-bond acceptors (Lipinski definition) is 5. The first-order valence-corrected chi connectivity index (χ1v) is 7.12. The fraction of sp³-hybridized carbons (Fsp3) is 0.182. The fourth-order valence-electron chi connectivity index (χ4n) is 1.61. The van der Waals surface area contributed by atoms with Crippen LogP contribution in [0.5, 0.6) is 0 Å². The van der Waals surface area contributed by atoms with Gasteiger partial charge in [-0.15, -0.1) is 11.3 Å². The molecule has 2 aromatic rings. The Kier molecular flexibility index (Phi) is 4.12. The molecular formula is C11H10IN3O2S. The van der Waals surface area contributed by atoms with Crippen molar-refractivity contribution in [3.63, 3.8) is 0 Å². The molecule has 0 aliphatic heterocycles. The molecule has 0 saturated carbocycles. The Morgan fingerprint density at radius 3 is 2.94 bits per heavy atom. The first-order chi connectivity index (χ1) is 8.58. The number of aromatic nitrogens is 1. The van der Waals surface area contributed by atoms with Gasteiger partial charge in [0.05, 0.1) is 22.7 Å². The Morgan fingerprint density at radius 1 is 1.56 bits per heavy atom. The lowest BCUT2D eigenvalue weighted by Crippen LogP contribution is -2.17. The van der Waals surface area contributed by atoms with Gasteiger partial charge in [-0.25, -0.2) is 4.98 Å². The molecule has 0 spiro atoms. The number of benzene rings is 1. The minimum absolute atomic E-state index is 0.125. The minimum Gasteiger partial charge on any atom is -0.363 e. The second kappa shape index (κ2) is 5.61.